The summed E-state index contributed by atoms with van der Waals surface area (Å²) in [6, 6.07) is 19.3. The largest absolute Gasteiger partial charge is 0.493 e. The molecule has 0 saturated heterocycles. The Bertz CT molecular complexity index is 1080. The van der Waals surface area contributed by atoms with Crippen molar-refractivity contribution in [3.63, 3.8) is 0 Å². The van der Waals surface area contributed by atoms with Gasteiger partial charge < -0.3 is 14.7 Å². The molecule has 1 aromatic heterocycles. The van der Waals surface area contributed by atoms with Gasteiger partial charge >= 0.3 is 0 Å². The fourth-order valence-corrected chi connectivity index (χ4v) is 4.77. The van der Waals surface area contributed by atoms with Crippen molar-refractivity contribution in [2.45, 2.75) is 70.6 Å². The number of carbonyl (C=O) groups is 1. The van der Waals surface area contributed by atoms with E-state index in [2.05, 4.69) is 11.9 Å². The Balaban J connectivity index is 1.54. The summed E-state index contributed by atoms with van der Waals surface area (Å²) < 4.78 is 6.10. The van der Waals surface area contributed by atoms with Gasteiger partial charge in [0.05, 0.1) is 13.2 Å². The van der Waals surface area contributed by atoms with Crippen LogP contribution in [0.1, 0.15) is 74.2 Å². The Hall–Kier alpha value is -3.18. The number of hydrogen-bond donors (Lipinski definition) is 1. The van der Waals surface area contributed by atoms with Crippen molar-refractivity contribution < 1.29 is 14.6 Å². The number of carbonyl (C=O) groups excluding carboxylic acids is 1. The normalized spacial score (nSPS) is 14.6. The molecule has 1 heterocycles. The van der Waals surface area contributed by atoms with E-state index in [4.69, 9.17) is 4.74 Å². The quantitative estimate of drug-likeness (QED) is 0.252. The van der Waals surface area contributed by atoms with Crippen LogP contribution in [0.5, 0.6) is 5.75 Å². The number of hydrogen-bond acceptors (Lipinski definition) is 4. The Labute approximate surface area is 208 Å². The highest BCUT2D eigenvalue weighted by Crippen LogP contribution is 2.36. The molecule has 1 N–H and O–H groups in total. The number of aliphatic hydroxyl groups is 1. The van der Waals surface area contributed by atoms with Gasteiger partial charge in [0.1, 0.15) is 11.5 Å². The van der Waals surface area contributed by atoms with Gasteiger partial charge in [0.25, 0.3) is 5.91 Å². The zero-order valence-electron chi connectivity index (χ0n) is 20.7. The first-order chi connectivity index (χ1) is 17.1. The highest BCUT2D eigenvalue weighted by Gasteiger charge is 2.41. The molecule has 0 radical (unpaired) electrons. The van der Waals surface area contributed by atoms with Crippen LogP contribution in [0.4, 0.5) is 0 Å². The van der Waals surface area contributed by atoms with E-state index in [9.17, 15) is 9.90 Å². The van der Waals surface area contributed by atoms with Gasteiger partial charge in [-0.25, -0.2) is 0 Å². The van der Waals surface area contributed by atoms with Crippen molar-refractivity contribution >= 4 is 5.91 Å². The van der Waals surface area contributed by atoms with Crippen LogP contribution >= 0.6 is 0 Å². The van der Waals surface area contributed by atoms with Crippen LogP contribution in [0.2, 0.25) is 0 Å². The average Bonchev–Trinajstić information content (AvgIpc) is 3.35. The zero-order chi connectivity index (χ0) is 24.5. The SMILES string of the molecule is CCCCCCOc1ccccc1CN(C(=O)c1ccc(-c2cccnc2)cc1)C1(O)CCCC1. The number of unbranched alkanes of at least 4 members (excludes halogenated alkanes) is 3. The molecular weight excluding hydrogens is 436 g/mol. The summed E-state index contributed by atoms with van der Waals surface area (Å²) in [6.45, 7) is 3.16. The summed E-state index contributed by atoms with van der Waals surface area (Å²) in [5, 5.41) is 11.5. The molecule has 1 fully saturated rings. The fourth-order valence-electron chi connectivity index (χ4n) is 4.77. The predicted molar refractivity (Wildman–Crippen MR) is 139 cm³/mol. The van der Waals surface area contributed by atoms with E-state index in [1.165, 1.54) is 12.8 Å². The number of para-hydroxylation sites is 1. The molecular formula is C30H36N2O3. The van der Waals surface area contributed by atoms with Crippen molar-refractivity contribution in [2.24, 2.45) is 0 Å². The first kappa shape index (κ1) is 24.9. The maximum absolute atomic E-state index is 13.7. The van der Waals surface area contributed by atoms with Crippen molar-refractivity contribution in [3.05, 3.63) is 84.2 Å². The topological polar surface area (TPSA) is 62.7 Å². The number of aromatic nitrogens is 1. The minimum absolute atomic E-state index is 0.162. The lowest BCUT2D eigenvalue weighted by molar-refractivity contribution is -0.0861. The fraction of sp³-hybridized carbons (Fsp3) is 0.400. The number of rotatable bonds is 11. The minimum Gasteiger partial charge on any atom is -0.493 e. The summed E-state index contributed by atoms with van der Waals surface area (Å²) >= 11 is 0. The third-order valence-corrected chi connectivity index (χ3v) is 6.84. The first-order valence-electron chi connectivity index (χ1n) is 12.9. The van der Waals surface area contributed by atoms with Gasteiger partial charge in [-0.15, -0.1) is 0 Å². The third kappa shape index (κ3) is 6.29. The maximum Gasteiger partial charge on any atom is 0.256 e. The van der Waals surface area contributed by atoms with Gasteiger partial charge in [0.2, 0.25) is 0 Å². The van der Waals surface area contributed by atoms with Crippen molar-refractivity contribution in [2.75, 3.05) is 6.61 Å². The summed E-state index contributed by atoms with van der Waals surface area (Å²) in [4.78, 5) is 19.6. The van der Waals surface area contributed by atoms with E-state index in [1.807, 2.05) is 66.9 Å². The monoisotopic (exact) mass is 472 g/mol. The Kier molecular flexibility index (Phi) is 8.54. The van der Waals surface area contributed by atoms with Gasteiger partial charge in [-0.3, -0.25) is 9.78 Å². The third-order valence-electron chi connectivity index (χ3n) is 6.84. The predicted octanol–water partition coefficient (Wildman–Crippen LogP) is 6.61. The van der Waals surface area contributed by atoms with Crippen LogP contribution in [0.25, 0.3) is 11.1 Å². The van der Waals surface area contributed by atoms with Crippen LogP contribution in [0.15, 0.2) is 73.1 Å². The highest BCUT2D eigenvalue weighted by molar-refractivity contribution is 5.95. The molecule has 0 unspecified atom stereocenters. The van der Waals surface area contributed by atoms with Gasteiger partial charge in [0.15, 0.2) is 0 Å². The van der Waals surface area contributed by atoms with Crippen LogP contribution in [0, 0.1) is 0 Å². The lowest BCUT2D eigenvalue weighted by Gasteiger charge is -2.37. The second-order valence-electron chi connectivity index (χ2n) is 9.42. The molecule has 2 aromatic carbocycles. The smallest absolute Gasteiger partial charge is 0.256 e. The molecule has 1 saturated carbocycles. The number of amides is 1. The summed E-state index contributed by atoms with van der Waals surface area (Å²) in [5.74, 6) is 0.625. The van der Waals surface area contributed by atoms with Crippen LogP contribution in [0.3, 0.4) is 0 Å². The van der Waals surface area contributed by atoms with Crippen LogP contribution < -0.4 is 4.74 Å². The van der Waals surface area contributed by atoms with E-state index in [0.29, 0.717) is 31.6 Å². The molecule has 0 spiro atoms. The Morgan fingerprint density at radius 1 is 0.971 bits per heavy atom. The first-order valence-corrected chi connectivity index (χ1v) is 12.9. The molecule has 0 bridgehead atoms. The standard InChI is InChI=1S/C30H36N2O3/c1-2-3-4-9-21-35-28-13-6-5-11-27(28)23-32(30(34)18-7-8-19-30)29(33)25-16-14-24(15-17-25)26-12-10-20-31-22-26/h5-6,10-17,20,22,34H,2-4,7-9,18-19,21,23H2,1H3. The van der Waals surface area contributed by atoms with Crippen molar-refractivity contribution in [1.82, 2.24) is 9.88 Å². The number of benzene rings is 2. The molecule has 3 aromatic rings. The average molecular weight is 473 g/mol. The summed E-state index contributed by atoms with van der Waals surface area (Å²) in [6.07, 6.45) is 11.1. The van der Waals surface area contributed by atoms with Gasteiger partial charge in [-0.05, 0) is 67.5 Å². The van der Waals surface area contributed by atoms with Gasteiger partial charge in [-0.2, -0.15) is 0 Å². The molecule has 5 nitrogen and oxygen atoms in total. The molecule has 1 amide bonds. The van der Waals surface area contributed by atoms with E-state index in [0.717, 1.165) is 48.1 Å². The Morgan fingerprint density at radius 2 is 1.74 bits per heavy atom. The second kappa shape index (κ2) is 12.0. The van der Waals surface area contributed by atoms with E-state index < -0.39 is 5.72 Å². The van der Waals surface area contributed by atoms with E-state index >= 15 is 0 Å². The van der Waals surface area contributed by atoms with Crippen LogP contribution in [-0.2, 0) is 6.54 Å². The molecule has 184 valence electrons. The lowest BCUT2D eigenvalue weighted by Crippen LogP contribution is -2.49. The molecule has 4 rings (SSSR count). The van der Waals surface area contributed by atoms with Gasteiger partial charge in [-0.1, -0.05) is 62.6 Å². The van der Waals surface area contributed by atoms with Crippen LogP contribution in [-0.4, -0.2) is 33.2 Å². The number of ether oxygens (including phenoxy) is 1. The van der Waals surface area contributed by atoms with E-state index in [-0.39, 0.29) is 5.91 Å². The minimum atomic E-state index is -1.15. The molecule has 35 heavy (non-hydrogen) atoms. The molecule has 0 atom stereocenters. The highest BCUT2D eigenvalue weighted by atomic mass is 16.5. The summed E-state index contributed by atoms with van der Waals surface area (Å²) in [5.41, 5.74) is 2.35. The van der Waals surface area contributed by atoms with Crippen molar-refractivity contribution in [3.8, 4) is 16.9 Å². The van der Waals surface area contributed by atoms with Gasteiger partial charge in [0, 0.05) is 23.5 Å². The number of pyridine rings is 1. The second-order valence-corrected chi connectivity index (χ2v) is 9.42. The molecule has 5 heteroatoms. The Morgan fingerprint density at radius 3 is 2.46 bits per heavy atom. The molecule has 0 aliphatic heterocycles. The summed E-state index contributed by atoms with van der Waals surface area (Å²) in [7, 11) is 0. The molecule has 1 aliphatic rings. The van der Waals surface area contributed by atoms with E-state index in [1.54, 1.807) is 11.1 Å². The zero-order valence-corrected chi connectivity index (χ0v) is 20.7. The molecule has 1 aliphatic carbocycles. The number of nitrogens with zero attached hydrogens (tertiary/aromatic N) is 2. The van der Waals surface area contributed by atoms with Crippen molar-refractivity contribution in [1.29, 1.82) is 0 Å². The maximum atomic E-state index is 13.7. The lowest BCUT2D eigenvalue weighted by atomic mass is 10.0.